The second-order valence-electron chi connectivity index (χ2n) is 4.73. The molecule has 1 saturated heterocycles. The predicted molar refractivity (Wildman–Crippen MR) is 53.6 cm³/mol. The zero-order valence-electron chi connectivity index (χ0n) is 8.58. The number of hydrogen-bond acceptors (Lipinski definition) is 2. The highest BCUT2D eigenvalue weighted by Crippen LogP contribution is 2.40. The van der Waals surface area contributed by atoms with Crippen LogP contribution in [0, 0.1) is 11.8 Å². The molecule has 2 fully saturated rings. The number of aliphatic hydroxyl groups is 1. The first kappa shape index (κ1) is 9.47. The van der Waals surface area contributed by atoms with Gasteiger partial charge in [0.2, 0.25) is 0 Å². The van der Waals surface area contributed by atoms with Crippen molar-refractivity contribution >= 4 is 0 Å². The summed E-state index contributed by atoms with van der Waals surface area (Å²) in [5, 5.41) is 8.98. The Morgan fingerprint density at radius 1 is 1.31 bits per heavy atom. The summed E-state index contributed by atoms with van der Waals surface area (Å²) in [6, 6.07) is 0.838. The molecule has 0 spiro atoms. The van der Waals surface area contributed by atoms with Crippen molar-refractivity contribution in [3.05, 3.63) is 0 Å². The Bertz CT molecular complexity index is 171. The van der Waals surface area contributed by atoms with Gasteiger partial charge in [0.05, 0.1) is 0 Å². The van der Waals surface area contributed by atoms with Gasteiger partial charge < -0.3 is 10.0 Å². The van der Waals surface area contributed by atoms with E-state index in [9.17, 15) is 0 Å². The largest absolute Gasteiger partial charge is 0.396 e. The summed E-state index contributed by atoms with van der Waals surface area (Å²) >= 11 is 0. The number of rotatable bonds is 2. The fourth-order valence-corrected chi connectivity index (χ4v) is 3.35. The Labute approximate surface area is 80.9 Å². The van der Waals surface area contributed by atoms with Gasteiger partial charge in [-0.15, -0.1) is 0 Å². The van der Waals surface area contributed by atoms with Gasteiger partial charge in [-0.1, -0.05) is 12.8 Å². The molecule has 76 valence electrons. The quantitative estimate of drug-likeness (QED) is 0.701. The summed E-state index contributed by atoms with van der Waals surface area (Å²) in [6.07, 6.45) is 6.64. The molecule has 2 heteroatoms. The lowest BCUT2D eigenvalue weighted by atomic mass is 9.79. The Balaban J connectivity index is 1.99. The average Bonchev–Trinajstić information content (AvgIpc) is 2.46. The molecule has 1 aliphatic heterocycles. The Morgan fingerprint density at radius 2 is 2.08 bits per heavy atom. The minimum absolute atomic E-state index is 0.377. The summed E-state index contributed by atoms with van der Waals surface area (Å²) < 4.78 is 0. The molecule has 0 radical (unpaired) electrons. The van der Waals surface area contributed by atoms with Crippen molar-refractivity contribution in [3.63, 3.8) is 0 Å². The predicted octanol–water partition coefficient (Wildman–Crippen LogP) is 1.49. The third-order valence-electron chi connectivity index (χ3n) is 3.98. The molecule has 0 aromatic rings. The first-order valence-electron chi connectivity index (χ1n) is 5.64. The van der Waals surface area contributed by atoms with E-state index in [-0.39, 0.29) is 0 Å². The molecule has 2 rings (SSSR count). The molecule has 0 bridgehead atoms. The van der Waals surface area contributed by atoms with Crippen LogP contribution >= 0.6 is 0 Å². The van der Waals surface area contributed by atoms with Crippen LogP contribution in [-0.4, -0.2) is 36.2 Å². The van der Waals surface area contributed by atoms with Crippen LogP contribution in [0.4, 0.5) is 0 Å². The third kappa shape index (κ3) is 1.75. The van der Waals surface area contributed by atoms with Crippen molar-refractivity contribution in [2.75, 3.05) is 20.2 Å². The highest BCUT2D eigenvalue weighted by molar-refractivity contribution is 4.93. The molecule has 2 nitrogen and oxygen atoms in total. The zero-order valence-corrected chi connectivity index (χ0v) is 8.58. The van der Waals surface area contributed by atoms with Gasteiger partial charge in [0.1, 0.15) is 0 Å². The van der Waals surface area contributed by atoms with E-state index >= 15 is 0 Å². The minimum atomic E-state index is 0.377. The summed E-state index contributed by atoms with van der Waals surface area (Å²) in [4.78, 5) is 2.52. The highest BCUT2D eigenvalue weighted by Gasteiger charge is 2.40. The van der Waals surface area contributed by atoms with Crippen molar-refractivity contribution in [1.29, 1.82) is 0 Å². The second-order valence-corrected chi connectivity index (χ2v) is 4.73. The maximum absolute atomic E-state index is 8.98. The van der Waals surface area contributed by atoms with Crippen molar-refractivity contribution in [1.82, 2.24) is 4.90 Å². The molecule has 0 amide bonds. The Hall–Kier alpha value is -0.0800. The van der Waals surface area contributed by atoms with E-state index in [4.69, 9.17) is 5.11 Å². The topological polar surface area (TPSA) is 23.5 Å². The minimum Gasteiger partial charge on any atom is -0.396 e. The van der Waals surface area contributed by atoms with Gasteiger partial charge in [-0.05, 0) is 38.1 Å². The Morgan fingerprint density at radius 3 is 2.85 bits per heavy atom. The van der Waals surface area contributed by atoms with Crippen molar-refractivity contribution in [2.24, 2.45) is 11.8 Å². The fraction of sp³-hybridized carbons (Fsp3) is 1.00. The van der Waals surface area contributed by atoms with Crippen LogP contribution in [-0.2, 0) is 0 Å². The maximum Gasteiger partial charge on any atom is 0.0434 e. The van der Waals surface area contributed by atoms with E-state index < -0.39 is 0 Å². The maximum atomic E-state index is 8.98. The van der Waals surface area contributed by atoms with Gasteiger partial charge in [-0.3, -0.25) is 0 Å². The molecule has 3 unspecified atom stereocenters. The molecule has 0 aromatic heterocycles. The van der Waals surface area contributed by atoms with E-state index in [1.165, 1.54) is 32.2 Å². The van der Waals surface area contributed by atoms with Crippen LogP contribution in [0.2, 0.25) is 0 Å². The van der Waals surface area contributed by atoms with Gasteiger partial charge in [0, 0.05) is 19.2 Å². The van der Waals surface area contributed by atoms with Gasteiger partial charge in [-0.25, -0.2) is 0 Å². The lowest BCUT2D eigenvalue weighted by molar-refractivity contribution is 0.193. The molecule has 13 heavy (non-hydrogen) atoms. The van der Waals surface area contributed by atoms with E-state index in [0.29, 0.717) is 6.61 Å². The third-order valence-corrected chi connectivity index (χ3v) is 3.98. The van der Waals surface area contributed by atoms with Crippen molar-refractivity contribution in [3.8, 4) is 0 Å². The van der Waals surface area contributed by atoms with Gasteiger partial charge >= 0.3 is 0 Å². The lowest BCUT2D eigenvalue weighted by Crippen LogP contribution is -2.31. The summed E-state index contributed by atoms with van der Waals surface area (Å²) in [7, 11) is 2.25. The Kier molecular flexibility index (Phi) is 2.89. The SMILES string of the molecule is CN1CC(CCO)C2CCCCC21. The molecule has 1 heterocycles. The lowest BCUT2D eigenvalue weighted by Gasteiger charge is -2.30. The van der Waals surface area contributed by atoms with Crippen LogP contribution in [0.1, 0.15) is 32.1 Å². The first-order chi connectivity index (χ1) is 6.33. The summed E-state index contributed by atoms with van der Waals surface area (Å²) in [5.74, 6) is 1.67. The zero-order chi connectivity index (χ0) is 9.26. The van der Waals surface area contributed by atoms with Gasteiger partial charge in [0.15, 0.2) is 0 Å². The number of aliphatic hydroxyl groups excluding tert-OH is 1. The molecule has 1 N–H and O–H groups in total. The highest BCUT2D eigenvalue weighted by atomic mass is 16.3. The monoisotopic (exact) mass is 183 g/mol. The van der Waals surface area contributed by atoms with Crippen LogP contribution in [0.5, 0.6) is 0 Å². The van der Waals surface area contributed by atoms with E-state index in [1.807, 2.05) is 0 Å². The molecule has 1 aliphatic carbocycles. The number of nitrogens with zero attached hydrogens (tertiary/aromatic N) is 1. The normalized spacial score (nSPS) is 40.6. The van der Waals surface area contributed by atoms with Crippen molar-refractivity contribution < 1.29 is 5.11 Å². The average molecular weight is 183 g/mol. The van der Waals surface area contributed by atoms with Crippen LogP contribution < -0.4 is 0 Å². The smallest absolute Gasteiger partial charge is 0.0434 e. The molecular weight excluding hydrogens is 162 g/mol. The van der Waals surface area contributed by atoms with Gasteiger partial charge in [-0.2, -0.15) is 0 Å². The fourth-order valence-electron chi connectivity index (χ4n) is 3.35. The van der Waals surface area contributed by atoms with Crippen LogP contribution in [0.15, 0.2) is 0 Å². The van der Waals surface area contributed by atoms with E-state index in [0.717, 1.165) is 24.3 Å². The van der Waals surface area contributed by atoms with E-state index in [1.54, 1.807) is 0 Å². The molecule has 3 atom stereocenters. The number of hydrogen-bond donors (Lipinski definition) is 1. The van der Waals surface area contributed by atoms with Crippen LogP contribution in [0.25, 0.3) is 0 Å². The molecule has 0 aromatic carbocycles. The summed E-state index contributed by atoms with van der Waals surface area (Å²) in [5.41, 5.74) is 0. The number of likely N-dealkylation sites (tertiary alicyclic amines) is 1. The summed E-state index contributed by atoms with van der Waals surface area (Å²) in [6.45, 7) is 1.59. The molecular formula is C11H21NO. The first-order valence-corrected chi connectivity index (χ1v) is 5.64. The van der Waals surface area contributed by atoms with E-state index in [2.05, 4.69) is 11.9 Å². The van der Waals surface area contributed by atoms with Gasteiger partial charge in [0.25, 0.3) is 0 Å². The van der Waals surface area contributed by atoms with Crippen molar-refractivity contribution in [2.45, 2.75) is 38.1 Å². The van der Waals surface area contributed by atoms with Crippen LogP contribution in [0.3, 0.4) is 0 Å². The number of fused-ring (bicyclic) bond motifs is 1. The standard InChI is InChI=1S/C11H21NO/c1-12-8-9(6-7-13)10-4-2-3-5-11(10)12/h9-11,13H,2-8H2,1H3. The second kappa shape index (κ2) is 3.97. The molecule has 2 aliphatic rings. The molecule has 1 saturated carbocycles.